The molecule has 0 rings (SSSR count). The summed E-state index contributed by atoms with van der Waals surface area (Å²) in [7, 11) is 0. The highest BCUT2D eigenvalue weighted by Gasteiger charge is 1.97. The Hall–Kier alpha value is -1.05. The van der Waals surface area contributed by atoms with Crippen molar-refractivity contribution in [1.29, 1.82) is 0 Å². The summed E-state index contributed by atoms with van der Waals surface area (Å²) in [5.41, 5.74) is 0.181. The molecule has 44 valence electrons. The maximum Gasteiger partial charge on any atom is 0.331 e. The van der Waals surface area contributed by atoms with Crippen LogP contribution in [-0.2, 0) is 4.79 Å². The van der Waals surface area contributed by atoms with Gasteiger partial charge in [-0.1, -0.05) is 12.7 Å². The van der Waals surface area contributed by atoms with Gasteiger partial charge in [-0.05, 0) is 6.42 Å². The van der Waals surface area contributed by atoms with Gasteiger partial charge in [0.2, 0.25) is 0 Å². The number of aliphatic carboxylic acids is 1. The average Bonchev–Trinajstić information content (AvgIpc) is 1.67. The zero-order chi connectivity index (χ0) is 6.57. The van der Waals surface area contributed by atoms with Crippen LogP contribution in [0.25, 0.3) is 0 Å². The van der Waals surface area contributed by atoms with Crippen molar-refractivity contribution in [3.05, 3.63) is 24.8 Å². The predicted molar refractivity (Wildman–Crippen MR) is 31.6 cm³/mol. The molecule has 2 nitrogen and oxygen atoms in total. The van der Waals surface area contributed by atoms with E-state index in [0.29, 0.717) is 6.42 Å². The van der Waals surface area contributed by atoms with Crippen molar-refractivity contribution < 1.29 is 9.90 Å². The lowest BCUT2D eigenvalue weighted by molar-refractivity contribution is -0.132. The van der Waals surface area contributed by atoms with Crippen LogP contribution in [0, 0.1) is 0 Å². The van der Waals surface area contributed by atoms with Gasteiger partial charge in [0.15, 0.2) is 0 Å². The third kappa shape index (κ3) is 2.18. The smallest absolute Gasteiger partial charge is 0.331 e. The summed E-state index contributed by atoms with van der Waals surface area (Å²) in [6, 6.07) is 0. The topological polar surface area (TPSA) is 37.3 Å². The first kappa shape index (κ1) is 6.95. The molecule has 0 fully saturated rings. The van der Waals surface area contributed by atoms with Crippen molar-refractivity contribution in [2.45, 2.75) is 6.42 Å². The van der Waals surface area contributed by atoms with Gasteiger partial charge in [0.1, 0.15) is 0 Å². The molecule has 0 heterocycles. The molecule has 0 aliphatic heterocycles. The Morgan fingerprint density at radius 3 is 2.38 bits per heavy atom. The summed E-state index contributed by atoms with van der Waals surface area (Å²) >= 11 is 0. The molecule has 1 N–H and O–H groups in total. The molecule has 0 bridgehead atoms. The Balaban J connectivity index is 3.65. The van der Waals surface area contributed by atoms with E-state index in [1.165, 1.54) is 6.08 Å². The van der Waals surface area contributed by atoms with Gasteiger partial charge < -0.3 is 5.11 Å². The van der Waals surface area contributed by atoms with Crippen LogP contribution in [0.4, 0.5) is 0 Å². The third-order valence-corrected chi connectivity index (χ3v) is 0.693. The lowest BCUT2D eigenvalue weighted by atomic mass is 10.2. The van der Waals surface area contributed by atoms with Gasteiger partial charge in [-0.3, -0.25) is 0 Å². The van der Waals surface area contributed by atoms with E-state index >= 15 is 0 Å². The van der Waals surface area contributed by atoms with Crippen molar-refractivity contribution in [3.8, 4) is 0 Å². The first-order valence-electron chi connectivity index (χ1n) is 2.20. The van der Waals surface area contributed by atoms with Crippen LogP contribution >= 0.6 is 0 Å². The fourth-order valence-electron chi connectivity index (χ4n) is 0.262. The van der Waals surface area contributed by atoms with Crippen LogP contribution in [0.5, 0.6) is 0 Å². The highest BCUT2D eigenvalue weighted by atomic mass is 16.4. The van der Waals surface area contributed by atoms with Crippen LogP contribution in [0.1, 0.15) is 6.42 Å². The van der Waals surface area contributed by atoms with E-state index in [-0.39, 0.29) is 5.57 Å². The molecule has 0 aromatic rings. The quantitative estimate of drug-likeness (QED) is 0.440. The molecule has 0 aromatic carbocycles. The number of allylic oxidation sites excluding steroid dienone is 1. The first-order valence-corrected chi connectivity index (χ1v) is 2.20. The molecule has 2 heteroatoms. The van der Waals surface area contributed by atoms with Crippen molar-refractivity contribution >= 4 is 5.97 Å². The Morgan fingerprint density at radius 1 is 1.75 bits per heavy atom. The van der Waals surface area contributed by atoms with E-state index in [1.807, 2.05) is 0 Å². The number of carboxylic acid groups (broad SMARTS) is 1. The molecule has 0 aromatic heterocycles. The monoisotopic (exact) mass is 112 g/mol. The second-order valence-electron chi connectivity index (χ2n) is 1.40. The van der Waals surface area contributed by atoms with E-state index in [1.54, 1.807) is 0 Å². The summed E-state index contributed by atoms with van der Waals surface area (Å²) in [4.78, 5) is 9.94. The third-order valence-electron chi connectivity index (χ3n) is 0.693. The summed E-state index contributed by atoms with van der Waals surface area (Å²) in [5, 5.41) is 8.17. The largest absolute Gasteiger partial charge is 0.478 e. The fourth-order valence-corrected chi connectivity index (χ4v) is 0.262. The number of carboxylic acids is 1. The summed E-state index contributed by atoms with van der Waals surface area (Å²) in [5.74, 6) is -0.954. The van der Waals surface area contributed by atoms with Crippen molar-refractivity contribution in [2.24, 2.45) is 0 Å². The Labute approximate surface area is 48.1 Å². The van der Waals surface area contributed by atoms with Crippen LogP contribution in [0.2, 0.25) is 0 Å². The molecular formula is C6H8O2. The Morgan fingerprint density at radius 2 is 2.25 bits per heavy atom. The zero-order valence-corrected chi connectivity index (χ0v) is 4.55. The van der Waals surface area contributed by atoms with Crippen molar-refractivity contribution in [3.63, 3.8) is 0 Å². The number of hydrogen-bond acceptors (Lipinski definition) is 1. The highest BCUT2D eigenvalue weighted by molar-refractivity contribution is 5.85. The highest BCUT2D eigenvalue weighted by Crippen LogP contribution is 1.95. The van der Waals surface area contributed by atoms with Crippen LogP contribution in [-0.4, -0.2) is 11.1 Å². The molecule has 0 aliphatic carbocycles. The van der Waals surface area contributed by atoms with Gasteiger partial charge in [0.25, 0.3) is 0 Å². The van der Waals surface area contributed by atoms with Crippen LogP contribution < -0.4 is 0 Å². The molecule has 0 unspecified atom stereocenters. The normalized spacial score (nSPS) is 8.00. The standard InChI is InChI=1S/C6H8O2/c1-3-4-5(2)6(7)8/h3H,1-2,4H2,(H,7,8). The maximum atomic E-state index is 9.94. The second-order valence-corrected chi connectivity index (χ2v) is 1.40. The molecule has 0 spiro atoms. The van der Waals surface area contributed by atoms with Gasteiger partial charge >= 0.3 is 5.97 Å². The summed E-state index contributed by atoms with van der Waals surface area (Å²) in [6.45, 7) is 6.63. The molecular weight excluding hydrogens is 104 g/mol. The molecule has 8 heavy (non-hydrogen) atoms. The minimum Gasteiger partial charge on any atom is -0.478 e. The minimum absolute atomic E-state index is 0.181. The summed E-state index contributed by atoms with van der Waals surface area (Å²) in [6.07, 6.45) is 1.87. The van der Waals surface area contributed by atoms with Crippen molar-refractivity contribution in [2.75, 3.05) is 0 Å². The van der Waals surface area contributed by atoms with E-state index < -0.39 is 5.97 Å². The molecule has 0 saturated carbocycles. The molecule has 0 atom stereocenters. The number of carbonyl (C=O) groups is 1. The van der Waals surface area contributed by atoms with Crippen LogP contribution in [0.15, 0.2) is 24.8 Å². The maximum absolute atomic E-state index is 9.94. The minimum atomic E-state index is -0.954. The zero-order valence-electron chi connectivity index (χ0n) is 4.55. The van der Waals surface area contributed by atoms with Gasteiger partial charge in [-0.25, -0.2) is 4.79 Å². The van der Waals surface area contributed by atoms with Crippen LogP contribution in [0.3, 0.4) is 0 Å². The second kappa shape index (κ2) is 3.02. The molecule has 0 aliphatic rings. The van der Waals surface area contributed by atoms with Gasteiger partial charge in [-0.15, -0.1) is 6.58 Å². The van der Waals surface area contributed by atoms with Gasteiger partial charge in [-0.2, -0.15) is 0 Å². The summed E-state index contributed by atoms with van der Waals surface area (Å²) < 4.78 is 0. The van der Waals surface area contributed by atoms with E-state index in [2.05, 4.69) is 13.2 Å². The number of rotatable bonds is 3. The Kier molecular flexibility index (Phi) is 2.62. The lowest BCUT2D eigenvalue weighted by Gasteiger charge is -1.89. The Bertz CT molecular complexity index is 124. The SMILES string of the molecule is C=CCC(=C)C(=O)O. The molecule has 0 radical (unpaired) electrons. The van der Waals surface area contributed by atoms with E-state index in [4.69, 9.17) is 5.11 Å². The first-order chi connectivity index (χ1) is 3.68. The average molecular weight is 112 g/mol. The van der Waals surface area contributed by atoms with E-state index in [9.17, 15) is 4.79 Å². The van der Waals surface area contributed by atoms with Gasteiger partial charge in [0.05, 0.1) is 0 Å². The predicted octanol–water partition coefficient (Wildman–Crippen LogP) is 1.20. The molecule has 0 amide bonds. The van der Waals surface area contributed by atoms with Gasteiger partial charge in [0, 0.05) is 5.57 Å². The fraction of sp³-hybridized carbons (Fsp3) is 0.167. The van der Waals surface area contributed by atoms with Crippen molar-refractivity contribution in [1.82, 2.24) is 0 Å². The van der Waals surface area contributed by atoms with E-state index in [0.717, 1.165) is 0 Å². The number of hydrogen-bond donors (Lipinski definition) is 1. The lowest BCUT2D eigenvalue weighted by Crippen LogP contribution is -1.96. The molecule has 0 saturated heterocycles.